The Balaban J connectivity index is 2.53. The van der Waals surface area contributed by atoms with E-state index in [2.05, 4.69) is 4.99 Å². The minimum Gasteiger partial charge on any atom is -0.454 e. The highest BCUT2D eigenvalue weighted by Gasteiger charge is 2.29. The number of hydrogen-bond acceptors (Lipinski definition) is 4. The summed E-state index contributed by atoms with van der Waals surface area (Å²) in [4.78, 5) is 13.3. The van der Waals surface area contributed by atoms with Crippen molar-refractivity contribution < 1.29 is 18.7 Å². The average Bonchev–Trinajstić information content (AvgIpc) is 2.63. The number of benzene rings is 1. The van der Waals surface area contributed by atoms with Gasteiger partial charge in [-0.15, -0.1) is 0 Å². The fourth-order valence-corrected chi connectivity index (χ4v) is 1.68. The lowest BCUT2D eigenvalue weighted by atomic mass is 10.00. The quantitative estimate of drug-likeness (QED) is 0.438. The van der Waals surface area contributed by atoms with Crippen LogP contribution in [0.4, 0.5) is 4.39 Å². The van der Waals surface area contributed by atoms with Crippen LogP contribution in [0.5, 0.6) is 11.5 Å². The van der Waals surface area contributed by atoms with Crippen molar-refractivity contribution in [3.05, 3.63) is 23.3 Å². The lowest BCUT2D eigenvalue weighted by molar-refractivity contribution is 0.173. The molecule has 0 N–H and O–H groups in total. The van der Waals surface area contributed by atoms with Crippen molar-refractivity contribution in [1.29, 1.82) is 0 Å². The maximum absolute atomic E-state index is 14.0. The maximum atomic E-state index is 14.0. The summed E-state index contributed by atoms with van der Waals surface area (Å²) in [6.45, 7) is 3.04. The highest BCUT2D eigenvalue weighted by molar-refractivity contribution is 5.50. The van der Waals surface area contributed by atoms with Crippen molar-refractivity contribution in [2.45, 2.75) is 19.6 Å². The molecule has 0 bridgehead atoms. The molecule has 0 radical (unpaired) electrons. The Morgan fingerprint density at radius 3 is 2.69 bits per heavy atom. The van der Waals surface area contributed by atoms with Gasteiger partial charge in [0.1, 0.15) is 0 Å². The van der Waals surface area contributed by atoms with Gasteiger partial charge < -0.3 is 9.47 Å². The number of nitrogens with zero attached hydrogens (tertiary/aromatic N) is 1. The average molecular weight is 223 g/mol. The molecule has 0 amide bonds. The topological polar surface area (TPSA) is 47.9 Å². The van der Waals surface area contributed by atoms with E-state index in [1.165, 1.54) is 19.1 Å². The zero-order valence-corrected chi connectivity index (χ0v) is 8.91. The van der Waals surface area contributed by atoms with E-state index >= 15 is 0 Å². The van der Waals surface area contributed by atoms with Gasteiger partial charge in [-0.05, 0) is 31.5 Å². The first kappa shape index (κ1) is 10.6. The Kier molecular flexibility index (Phi) is 2.40. The molecular weight excluding hydrogens is 213 g/mol. The third-order valence-corrected chi connectivity index (χ3v) is 2.47. The number of rotatable bonds is 2. The predicted molar refractivity (Wildman–Crippen MR) is 53.9 cm³/mol. The molecule has 0 saturated heterocycles. The number of carbonyl (C=O) groups excluding carboxylic acids is 1. The minimum atomic E-state index is -2.09. The Morgan fingerprint density at radius 2 is 2.06 bits per heavy atom. The summed E-state index contributed by atoms with van der Waals surface area (Å²) in [6, 6.07) is 3.16. The molecule has 1 aliphatic rings. The van der Waals surface area contributed by atoms with Crippen molar-refractivity contribution >= 4 is 6.08 Å². The molecule has 1 aromatic carbocycles. The van der Waals surface area contributed by atoms with Crippen molar-refractivity contribution in [1.82, 2.24) is 0 Å². The van der Waals surface area contributed by atoms with E-state index in [1.807, 2.05) is 0 Å². The molecule has 84 valence electrons. The molecule has 2 rings (SSSR count). The van der Waals surface area contributed by atoms with Crippen LogP contribution < -0.4 is 9.47 Å². The molecule has 0 saturated carbocycles. The lowest BCUT2D eigenvalue weighted by Crippen LogP contribution is -2.13. The van der Waals surface area contributed by atoms with Crippen LogP contribution in [0.2, 0.25) is 0 Å². The molecule has 1 unspecified atom stereocenters. The summed E-state index contributed by atoms with van der Waals surface area (Å²) >= 11 is 0. The second-order valence-electron chi connectivity index (χ2n) is 3.68. The number of isocyanates is 1. The van der Waals surface area contributed by atoms with Crippen LogP contribution in [0, 0.1) is 6.92 Å². The Hall–Kier alpha value is -1.87. The fourth-order valence-electron chi connectivity index (χ4n) is 1.68. The second-order valence-corrected chi connectivity index (χ2v) is 3.68. The predicted octanol–water partition coefficient (Wildman–Crippen LogP) is 2.20. The molecule has 0 spiro atoms. The third kappa shape index (κ3) is 1.66. The molecule has 1 aliphatic heterocycles. The summed E-state index contributed by atoms with van der Waals surface area (Å²) in [5, 5.41) is 0. The molecule has 4 nitrogen and oxygen atoms in total. The maximum Gasteiger partial charge on any atom is 0.238 e. The Bertz CT molecular complexity index is 478. The van der Waals surface area contributed by atoms with E-state index in [4.69, 9.17) is 9.47 Å². The third-order valence-electron chi connectivity index (χ3n) is 2.47. The van der Waals surface area contributed by atoms with Gasteiger partial charge in [-0.2, -0.15) is 4.99 Å². The number of ether oxygens (including phenoxy) is 2. The Morgan fingerprint density at radius 1 is 1.44 bits per heavy atom. The largest absolute Gasteiger partial charge is 0.454 e. The second kappa shape index (κ2) is 3.61. The first-order valence-corrected chi connectivity index (χ1v) is 4.73. The normalized spacial score (nSPS) is 16.4. The van der Waals surface area contributed by atoms with Gasteiger partial charge in [-0.3, -0.25) is 0 Å². The van der Waals surface area contributed by atoms with E-state index in [-0.39, 0.29) is 12.4 Å². The van der Waals surface area contributed by atoms with Crippen LogP contribution in [-0.2, 0) is 10.6 Å². The molecule has 0 aromatic heterocycles. The van der Waals surface area contributed by atoms with Crippen LogP contribution in [0.3, 0.4) is 0 Å². The molecule has 0 aliphatic carbocycles. The van der Waals surface area contributed by atoms with Crippen molar-refractivity contribution in [2.24, 2.45) is 4.99 Å². The zero-order valence-electron chi connectivity index (χ0n) is 8.91. The van der Waals surface area contributed by atoms with Crippen LogP contribution in [0.25, 0.3) is 0 Å². The van der Waals surface area contributed by atoms with E-state index in [9.17, 15) is 9.18 Å². The summed E-state index contributed by atoms with van der Waals surface area (Å²) in [5.74, 6) is -1.05. The standard InChI is InChI=1S/C11H10FNO3/c1-7-3-9-10(16-6-15-9)4-8(7)11(2,12)13-5-14/h3-4H,6H2,1-2H3. The first-order valence-electron chi connectivity index (χ1n) is 4.73. The molecule has 0 fully saturated rings. The highest BCUT2D eigenvalue weighted by Crippen LogP contribution is 2.39. The summed E-state index contributed by atoms with van der Waals surface area (Å²) in [6.07, 6.45) is 1.23. The molecule has 16 heavy (non-hydrogen) atoms. The zero-order chi connectivity index (χ0) is 11.8. The first-order chi connectivity index (χ1) is 7.54. The van der Waals surface area contributed by atoms with Gasteiger partial charge in [-0.25, -0.2) is 9.18 Å². The fraction of sp³-hybridized carbons (Fsp3) is 0.364. The van der Waals surface area contributed by atoms with Gasteiger partial charge >= 0.3 is 0 Å². The van der Waals surface area contributed by atoms with Crippen molar-refractivity contribution in [3.63, 3.8) is 0 Å². The number of halogens is 1. The molecule has 5 heteroatoms. The van der Waals surface area contributed by atoms with E-state index in [1.54, 1.807) is 13.0 Å². The summed E-state index contributed by atoms with van der Waals surface area (Å²) in [7, 11) is 0. The smallest absolute Gasteiger partial charge is 0.238 e. The molecular formula is C11H10FNO3. The van der Waals surface area contributed by atoms with Crippen LogP contribution in [-0.4, -0.2) is 12.9 Å². The van der Waals surface area contributed by atoms with E-state index in [0.717, 1.165) is 0 Å². The van der Waals surface area contributed by atoms with Crippen molar-refractivity contribution in [3.8, 4) is 11.5 Å². The lowest BCUT2D eigenvalue weighted by Gasteiger charge is -2.16. The van der Waals surface area contributed by atoms with Gasteiger partial charge in [0.25, 0.3) is 0 Å². The van der Waals surface area contributed by atoms with Crippen LogP contribution in [0.1, 0.15) is 18.1 Å². The highest BCUT2D eigenvalue weighted by atomic mass is 19.1. The van der Waals surface area contributed by atoms with Crippen LogP contribution in [0.15, 0.2) is 17.1 Å². The van der Waals surface area contributed by atoms with Gasteiger partial charge in [0.05, 0.1) is 0 Å². The van der Waals surface area contributed by atoms with Crippen LogP contribution >= 0.6 is 0 Å². The van der Waals surface area contributed by atoms with Gasteiger partial charge in [-0.1, -0.05) is 0 Å². The summed E-state index contributed by atoms with van der Waals surface area (Å²) in [5.41, 5.74) is 0.924. The number of fused-ring (bicyclic) bond motifs is 1. The number of hydrogen-bond donors (Lipinski definition) is 0. The molecule has 1 heterocycles. The minimum absolute atomic E-state index is 0.123. The van der Waals surface area contributed by atoms with E-state index in [0.29, 0.717) is 17.1 Å². The van der Waals surface area contributed by atoms with Gasteiger partial charge in [0.15, 0.2) is 11.5 Å². The number of aryl methyl sites for hydroxylation is 1. The summed E-state index contributed by atoms with van der Waals surface area (Å²) < 4.78 is 24.3. The SMILES string of the molecule is Cc1cc2c(cc1C(C)(F)N=C=O)OCO2. The van der Waals surface area contributed by atoms with E-state index < -0.39 is 5.79 Å². The van der Waals surface area contributed by atoms with Gasteiger partial charge in [0, 0.05) is 5.56 Å². The molecule has 1 atom stereocenters. The van der Waals surface area contributed by atoms with Crippen molar-refractivity contribution in [2.75, 3.05) is 6.79 Å². The number of alkyl halides is 1. The van der Waals surface area contributed by atoms with Gasteiger partial charge in [0.2, 0.25) is 18.7 Å². The Labute approximate surface area is 91.7 Å². The number of aliphatic imine (C=N–C) groups is 1. The molecule has 1 aromatic rings. The monoisotopic (exact) mass is 223 g/mol.